The molecule has 0 amide bonds. The molecule has 0 N–H and O–H groups in total. The Labute approximate surface area is 81.6 Å². The Hall–Kier alpha value is -1.41. The van der Waals surface area contributed by atoms with Gasteiger partial charge in [0, 0.05) is 11.8 Å². The minimum atomic E-state index is -0.522. The fraction of sp³-hybridized carbons (Fsp3) is 0. The first-order chi connectivity index (χ1) is 6.19. The van der Waals surface area contributed by atoms with Crippen LogP contribution in [0.5, 0.6) is 0 Å². The van der Waals surface area contributed by atoms with Crippen LogP contribution < -0.4 is 0 Å². The Morgan fingerprint density at radius 3 is 2.62 bits per heavy atom. The van der Waals surface area contributed by atoms with Crippen molar-refractivity contribution >= 4 is 29.0 Å². The number of nitrogens with zero attached hydrogens (tertiary/aromatic N) is 1. The zero-order chi connectivity index (χ0) is 9.84. The lowest BCUT2D eigenvalue weighted by atomic mass is 10.1. The van der Waals surface area contributed by atoms with Gasteiger partial charge < -0.3 is 0 Å². The fourth-order valence-corrected chi connectivity index (χ4v) is 1.04. The highest BCUT2D eigenvalue weighted by molar-refractivity contribution is 6.67. The summed E-state index contributed by atoms with van der Waals surface area (Å²) in [7, 11) is 0. The molecule has 1 rings (SSSR count). The maximum atomic E-state index is 10.8. The standard InChI is InChI=1S/C10H8ClNO/c1-3-7-5-8(10(11)13)6-12-9(7)4-2/h3-6H,1-2H2. The molecule has 0 aliphatic rings. The van der Waals surface area contributed by atoms with Crippen molar-refractivity contribution in [1.82, 2.24) is 4.98 Å². The largest absolute Gasteiger partial charge is 0.276 e. The second-order valence-corrected chi connectivity index (χ2v) is 2.72. The van der Waals surface area contributed by atoms with Crippen LogP contribution in [0.15, 0.2) is 25.4 Å². The van der Waals surface area contributed by atoms with Gasteiger partial charge in [-0.05, 0) is 23.7 Å². The molecule has 0 fully saturated rings. The van der Waals surface area contributed by atoms with Crippen LogP contribution in [0.1, 0.15) is 21.6 Å². The van der Waals surface area contributed by atoms with E-state index in [1.807, 2.05) is 0 Å². The summed E-state index contributed by atoms with van der Waals surface area (Å²) < 4.78 is 0. The molecule has 0 saturated heterocycles. The minimum absolute atomic E-state index is 0.363. The lowest BCUT2D eigenvalue weighted by Crippen LogP contribution is -1.94. The van der Waals surface area contributed by atoms with Crippen molar-refractivity contribution in [2.75, 3.05) is 0 Å². The highest BCUT2D eigenvalue weighted by Crippen LogP contribution is 2.12. The molecule has 0 atom stereocenters. The Morgan fingerprint density at radius 1 is 1.46 bits per heavy atom. The third kappa shape index (κ3) is 2.04. The number of hydrogen-bond donors (Lipinski definition) is 0. The van der Waals surface area contributed by atoms with E-state index < -0.39 is 5.24 Å². The van der Waals surface area contributed by atoms with Crippen molar-refractivity contribution in [3.05, 3.63) is 42.2 Å². The molecule has 2 nitrogen and oxygen atoms in total. The van der Waals surface area contributed by atoms with Crippen molar-refractivity contribution in [3.8, 4) is 0 Å². The van der Waals surface area contributed by atoms with Gasteiger partial charge in [-0.1, -0.05) is 19.2 Å². The van der Waals surface area contributed by atoms with Gasteiger partial charge in [-0.15, -0.1) is 0 Å². The van der Waals surface area contributed by atoms with E-state index >= 15 is 0 Å². The van der Waals surface area contributed by atoms with Crippen molar-refractivity contribution in [3.63, 3.8) is 0 Å². The second-order valence-electron chi connectivity index (χ2n) is 2.38. The molecule has 0 spiro atoms. The molecule has 13 heavy (non-hydrogen) atoms. The summed E-state index contributed by atoms with van der Waals surface area (Å²) in [6, 6.07) is 1.63. The molecular weight excluding hydrogens is 186 g/mol. The van der Waals surface area contributed by atoms with Gasteiger partial charge in [-0.3, -0.25) is 9.78 Å². The van der Waals surface area contributed by atoms with E-state index in [9.17, 15) is 4.79 Å². The van der Waals surface area contributed by atoms with E-state index in [-0.39, 0.29) is 0 Å². The van der Waals surface area contributed by atoms with Crippen LogP contribution in [-0.2, 0) is 0 Å². The van der Waals surface area contributed by atoms with E-state index in [0.29, 0.717) is 11.3 Å². The highest BCUT2D eigenvalue weighted by atomic mass is 35.5. The summed E-state index contributed by atoms with van der Waals surface area (Å²) in [6.45, 7) is 7.18. The molecule has 0 aromatic carbocycles. The number of aromatic nitrogens is 1. The number of rotatable bonds is 3. The van der Waals surface area contributed by atoms with E-state index in [2.05, 4.69) is 18.1 Å². The average molecular weight is 194 g/mol. The minimum Gasteiger partial charge on any atom is -0.276 e. The third-order valence-electron chi connectivity index (χ3n) is 1.59. The van der Waals surface area contributed by atoms with Crippen LogP contribution in [0.3, 0.4) is 0 Å². The van der Waals surface area contributed by atoms with Gasteiger partial charge in [0.25, 0.3) is 5.24 Å². The monoisotopic (exact) mass is 193 g/mol. The summed E-state index contributed by atoms with van der Waals surface area (Å²) in [4.78, 5) is 14.8. The fourth-order valence-electron chi connectivity index (χ4n) is 0.934. The van der Waals surface area contributed by atoms with Crippen molar-refractivity contribution < 1.29 is 4.79 Å². The number of hydrogen-bond acceptors (Lipinski definition) is 2. The number of carbonyl (C=O) groups is 1. The molecule has 0 bridgehead atoms. The topological polar surface area (TPSA) is 30.0 Å². The maximum Gasteiger partial charge on any atom is 0.253 e. The Bertz CT molecular complexity index is 371. The lowest BCUT2D eigenvalue weighted by molar-refractivity contribution is 0.108. The van der Waals surface area contributed by atoms with Gasteiger partial charge in [0.05, 0.1) is 11.3 Å². The quantitative estimate of drug-likeness (QED) is 0.691. The third-order valence-corrected chi connectivity index (χ3v) is 1.81. The van der Waals surface area contributed by atoms with E-state index in [1.54, 1.807) is 18.2 Å². The van der Waals surface area contributed by atoms with Crippen LogP contribution in [0.25, 0.3) is 12.2 Å². The van der Waals surface area contributed by atoms with Crippen molar-refractivity contribution in [2.24, 2.45) is 0 Å². The number of pyridine rings is 1. The highest BCUT2D eigenvalue weighted by Gasteiger charge is 2.04. The summed E-state index contributed by atoms with van der Waals surface area (Å²) in [5.41, 5.74) is 1.81. The Morgan fingerprint density at radius 2 is 2.15 bits per heavy atom. The molecule has 0 saturated carbocycles. The zero-order valence-corrected chi connectivity index (χ0v) is 7.71. The predicted octanol–water partition coefficient (Wildman–Crippen LogP) is 2.75. The Balaban J connectivity index is 3.28. The normalized spacial score (nSPS) is 9.31. The first kappa shape index (κ1) is 9.68. The molecular formula is C10H8ClNO. The number of halogens is 1. The van der Waals surface area contributed by atoms with Gasteiger partial charge in [0.2, 0.25) is 0 Å². The summed E-state index contributed by atoms with van der Waals surface area (Å²) >= 11 is 5.29. The van der Waals surface area contributed by atoms with Gasteiger partial charge in [-0.25, -0.2) is 0 Å². The first-order valence-electron chi connectivity index (χ1n) is 3.63. The van der Waals surface area contributed by atoms with Crippen molar-refractivity contribution in [2.45, 2.75) is 0 Å². The molecule has 1 heterocycles. The summed E-state index contributed by atoms with van der Waals surface area (Å²) in [5.74, 6) is 0. The molecule has 0 aliphatic heterocycles. The van der Waals surface area contributed by atoms with Crippen LogP contribution in [0.4, 0.5) is 0 Å². The zero-order valence-electron chi connectivity index (χ0n) is 6.96. The van der Waals surface area contributed by atoms with Crippen LogP contribution in [0.2, 0.25) is 0 Å². The molecule has 0 radical (unpaired) electrons. The lowest BCUT2D eigenvalue weighted by Gasteiger charge is -2.00. The molecule has 1 aromatic heterocycles. The van der Waals surface area contributed by atoms with Crippen LogP contribution in [-0.4, -0.2) is 10.2 Å². The molecule has 0 unspecified atom stereocenters. The Kier molecular flexibility index (Phi) is 2.98. The van der Waals surface area contributed by atoms with E-state index in [4.69, 9.17) is 11.6 Å². The van der Waals surface area contributed by atoms with Crippen LogP contribution in [0, 0.1) is 0 Å². The van der Waals surface area contributed by atoms with E-state index in [0.717, 1.165) is 5.56 Å². The summed E-state index contributed by atoms with van der Waals surface area (Å²) in [6.07, 6.45) is 4.62. The van der Waals surface area contributed by atoms with Gasteiger partial charge >= 0.3 is 0 Å². The van der Waals surface area contributed by atoms with Gasteiger partial charge in [0.1, 0.15) is 0 Å². The van der Waals surface area contributed by atoms with E-state index in [1.165, 1.54) is 6.20 Å². The molecule has 66 valence electrons. The maximum absolute atomic E-state index is 10.8. The SMILES string of the molecule is C=Cc1cc(C(=O)Cl)cnc1C=C. The predicted molar refractivity (Wildman–Crippen MR) is 54.6 cm³/mol. The number of carbonyl (C=O) groups excluding carboxylic acids is 1. The second kappa shape index (κ2) is 4.01. The average Bonchev–Trinajstić information content (AvgIpc) is 2.16. The molecule has 3 heteroatoms. The van der Waals surface area contributed by atoms with Crippen molar-refractivity contribution in [1.29, 1.82) is 0 Å². The first-order valence-corrected chi connectivity index (χ1v) is 4.01. The summed E-state index contributed by atoms with van der Waals surface area (Å²) in [5, 5.41) is -0.522. The smallest absolute Gasteiger partial charge is 0.253 e. The van der Waals surface area contributed by atoms with Gasteiger partial charge in [0.15, 0.2) is 0 Å². The van der Waals surface area contributed by atoms with Gasteiger partial charge in [-0.2, -0.15) is 0 Å². The molecule has 0 aliphatic carbocycles. The molecule has 1 aromatic rings. The van der Waals surface area contributed by atoms with Crippen LogP contribution >= 0.6 is 11.6 Å².